The summed E-state index contributed by atoms with van der Waals surface area (Å²) in [6.45, 7) is 8.99. The fourth-order valence-electron chi connectivity index (χ4n) is 1.93. The Labute approximate surface area is 98.1 Å². The Kier molecular flexibility index (Phi) is 5.22. The molecule has 0 bridgehead atoms. The molecule has 0 aromatic carbocycles. The van der Waals surface area contributed by atoms with Crippen LogP contribution in [0.2, 0.25) is 0 Å². The average Bonchev–Trinajstić information content (AvgIpc) is 2.76. The molecular formula is C12H24N2O2. The van der Waals surface area contributed by atoms with Gasteiger partial charge < -0.3 is 15.4 Å². The van der Waals surface area contributed by atoms with Crippen LogP contribution in [0.5, 0.6) is 0 Å². The minimum absolute atomic E-state index is 0.0821. The molecule has 1 aliphatic rings. The van der Waals surface area contributed by atoms with Crippen LogP contribution in [0.15, 0.2) is 0 Å². The maximum Gasteiger partial charge on any atom is 0.226 e. The van der Waals surface area contributed by atoms with Crippen molar-refractivity contribution in [1.82, 2.24) is 4.90 Å². The number of carbonyl (C=O) groups is 1. The van der Waals surface area contributed by atoms with E-state index in [2.05, 4.69) is 0 Å². The van der Waals surface area contributed by atoms with Crippen LogP contribution in [0.4, 0.5) is 0 Å². The summed E-state index contributed by atoms with van der Waals surface area (Å²) in [6.07, 6.45) is 1.07. The van der Waals surface area contributed by atoms with Crippen LogP contribution in [-0.4, -0.2) is 43.2 Å². The highest BCUT2D eigenvalue weighted by Gasteiger charge is 2.26. The lowest BCUT2D eigenvalue weighted by Gasteiger charge is -2.28. The van der Waals surface area contributed by atoms with E-state index in [1.165, 1.54) is 0 Å². The van der Waals surface area contributed by atoms with Gasteiger partial charge in [-0.2, -0.15) is 0 Å². The Bertz CT molecular complexity index is 225. The normalized spacial score (nSPS) is 24.1. The maximum atomic E-state index is 12.1. The number of ether oxygens (including phenoxy) is 1. The monoisotopic (exact) mass is 228 g/mol. The van der Waals surface area contributed by atoms with Crippen LogP contribution >= 0.6 is 0 Å². The molecule has 4 nitrogen and oxygen atoms in total. The van der Waals surface area contributed by atoms with Crippen molar-refractivity contribution in [2.75, 3.05) is 26.3 Å². The molecule has 0 saturated carbocycles. The SMILES string of the molecule is CCN(CC1CCOC1)C(=O)C(C)C(C)N. The first kappa shape index (κ1) is 13.5. The zero-order valence-corrected chi connectivity index (χ0v) is 10.6. The Morgan fingerprint density at radius 1 is 1.56 bits per heavy atom. The summed E-state index contributed by atoms with van der Waals surface area (Å²) in [7, 11) is 0. The smallest absolute Gasteiger partial charge is 0.226 e. The summed E-state index contributed by atoms with van der Waals surface area (Å²) >= 11 is 0. The molecule has 16 heavy (non-hydrogen) atoms. The van der Waals surface area contributed by atoms with Gasteiger partial charge in [-0.3, -0.25) is 4.79 Å². The van der Waals surface area contributed by atoms with Gasteiger partial charge in [-0.15, -0.1) is 0 Å². The number of rotatable bonds is 5. The van der Waals surface area contributed by atoms with Gasteiger partial charge in [-0.05, 0) is 20.3 Å². The lowest BCUT2D eigenvalue weighted by atomic mass is 10.0. The lowest BCUT2D eigenvalue weighted by molar-refractivity contribution is -0.135. The molecule has 2 N–H and O–H groups in total. The third-order valence-corrected chi connectivity index (χ3v) is 3.37. The van der Waals surface area contributed by atoms with Gasteiger partial charge in [0.25, 0.3) is 0 Å². The summed E-state index contributed by atoms with van der Waals surface area (Å²) in [5, 5.41) is 0. The summed E-state index contributed by atoms with van der Waals surface area (Å²) in [4.78, 5) is 14.0. The first-order valence-electron chi connectivity index (χ1n) is 6.18. The van der Waals surface area contributed by atoms with Crippen LogP contribution in [0.1, 0.15) is 27.2 Å². The van der Waals surface area contributed by atoms with Gasteiger partial charge in [0, 0.05) is 31.7 Å². The molecule has 1 amide bonds. The highest BCUT2D eigenvalue weighted by molar-refractivity contribution is 5.79. The molecule has 0 radical (unpaired) electrons. The first-order chi connectivity index (χ1) is 7.56. The zero-order chi connectivity index (χ0) is 12.1. The number of hydrogen-bond acceptors (Lipinski definition) is 3. The largest absolute Gasteiger partial charge is 0.381 e. The quantitative estimate of drug-likeness (QED) is 0.759. The van der Waals surface area contributed by atoms with Gasteiger partial charge in [-0.25, -0.2) is 0 Å². The van der Waals surface area contributed by atoms with Crippen molar-refractivity contribution in [3.05, 3.63) is 0 Å². The van der Waals surface area contributed by atoms with Crippen molar-refractivity contribution in [1.29, 1.82) is 0 Å². The van der Waals surface area contributed by atoms with E-state index in [1.54, 1.807) is 0 Å². The predicted octanol–water partition coefficient (Wildman–Crippen LogP) is 0.855. The maximum absolute atomic E-state index is 12.1. The molecule has 1 fully saturated rings. The fraction of sp³-hybridized carbons (Fsp3) is 0.917. The third-order valence-electron chi connectivity index (χ3n) is 3.37. The van der Waals surface area contributed by atoms with E-state index in [-0.39, 0.29) is 17.9 Å². The fourth-order valence-corrected chi connectivity index (χ4v) is 1.93. The number of carbonyl (C=O) groups excluding carboxylic acids is 1. The number of hydrogen-bond donors (Lipinski definition) is 1. The van der Waals surface area contributed by atoms with Crippen molar-refractivity contribution < 1.29 is 9.53 Å². The van der Waals surface area contributed by atoms with Gasteiger partial charge in [0.1, 0.15) is 0 Å². The van der Waals surface area contributed by atoms with Gasteiger partial charge >= 0.3 is 0 Å². The molecule has 1 aliphatic heterocycles. The molecule has 3 unspecified atom stereocenters. The second-order valence-corrected chi connectivity index (χ2v) is 4.75. The number of nitrogens with two attached hydrogens (primary N) is 1. The Morgan fingerprint density at radius 2 is 2.25 bits per heavy atom. The minimum Gasteiger partial charge on any atom is -0.381 e. The van der Waals surface area contributed by atoms with Crippen LogP contribution in [0.25, 0.3) is 0 Å². The number of amides is 1. The molecule has 94 valence electrons. The van der Waals surface area contributed by atoms with Crippen molar-refractivity contribution >= 4 is 5.91 Å². The predicted molar refractivity (Wildman–Crippen MR) is 64.0 cm³/mol. The van der Waals surface area contributed by atoms with Crippen molar-refractivity contribution in [2.24, 2.45) is 17.6 Å². The van der Waals surface area contributed by atoms with Gasteiger partial charge in [0.2, 0.25) is 5.91 Å². The Morgan fingerprint density at radius 3 is 2.69 bits per heavy atom. The first-order valence-corrected chi connectivity index (χ1v) is 6.18. The highest BCUT2D eigenvalue weighted by atomic mass is 16.5. The molecule has 0 aliphatic carbocycles. The lowest BCUT2D eigenvalue weighted by Crippen LogP contribution is -2.43. The third kappa shape index (κ3) is 3.46. The van der Waals surface area contributed by atoms with E-state index in [0.29, 0.717) is 5.92 Å². The summed E-state index contributed by atoms with van der Waals surface area (Å²) in [5.74, 6) is 0.579. The minimum atomic E-state index is -0.0951. The van der Waals surface area contributed by atoms with E-state index >= 15 is 0 Å². The second-order valence-electron chi connectivity index (χ2n) is 4.75. The van der Waals surface area contributed by atoms with Crippen molar-refractivity contribution in [3.63, 3.8) is 0 Å². The molecule has 3 atom stereocenters. The van der Waals surface area contributed by atoms with Crippen molar-refractivity contribution in [3.8, 4) is 0 Å². The molecule has 0 aromatic rings. The Balaban J connectivity index is 2.48. The number of nitrogens with zero attached hydrogens (tertiary/aromatic N) is 1. The van der Waals surface area contributed by atoms with Crippen molar-refractivity contribution in [2.45, 2.75) is 33.2 Å². The molecule has 1 heterocycles. The van der Waals surface area contributed by atoms with E-state index in [1.807, 2.05) is 25.7 Å². The topological polar surface area (TPSA) is 55.6 Å². The van der Waals surface area contributed by atoms with Crippen LogP contribution in [0.3, 0.4) is 0 Å². The Hall–Kier alpha value is -0.610. The van der Waals surface area contributed by atoms with Crippen LogP contribution in [0, 0.1) is 11.8 Å². The van der Waals surface area contributed by atoms with Gasteiger partial charge in [0.05, 0.1) is 12.5 Å². The highest BCUT2D eigenvalue weighted by Crippen LogP contribution is 2.16. The summed E-state index contributed by atoms with van der Waals surface area (Å²) in [6, 6.07) is -0.0821. The van der Waals surface area contributed by atoms with E-state index in [9.17, 15) is 4.79 Å². The van der Waals surface area contributed by atoms with E-state index in [0.717, 1.165) is 32.7 Å². The van der Waals surface area contributed by atoms with Gasteiger partial charge in [0.15, 0.2) is 0 Å². The van der Waals surface area contributed by atoms with Gasteiger partial charge in [-0.1, -0.05) is 6.92 Å². The molecule has 1 saturated heterocycles. The molecule has 4 heteroatoms. The summed E-state index contributed by atoms with van der Waals surface area (Å²) < 4.78 is 5.33. The molecule has 1 rings (SSSR count). The molecule has 0 spiro atoms. The van der Waals surface area contributed by atoms with E-state index < -0.39 is 0 Å². The van der Waals surface area contributed by atoms with Crippen LogP contribution < -0.4 is 5.73 Å². The average molecular weight is 228 g/mol. The van der Waals surface area contributed by atoms with Crippen LogP contribution in [-0.2, 0) is 9.53 Å². The zero-order valence-electron chi connectivity index (χ0n) is 10.6. The molecular weight excluding hydrogens is 204 g/mol. The van der Waals surface area contributed by atoms with E-state index in [4.69, 9.17) is 10.5 Å². The second kappa shape index (κ2) is 6.21. The molecule has 0 aromatic heterocycles. The standard InChI is InChI=1S/C12H24N2O2/c1-4-14(7-11-5-6-16-8-11)12(15)9(2)10(3)13/h9-11H,4-8,13H2,1-3H3. The summed E-state index contributed by atoms with van der Waals surface area (Å²) in [5.41, 5.74) is 5.77.